The van der Waals surface area contributed by atoms with E-state index in [4.69, 9.17) is 9.72 Å². The zero-order valence-corrected chi connectivity index (χ0v) is 22.2. The highest BCUT2D eigenvalue weighted by atomic mass is 32.2. The molecule has 0 aliphatic carbocycles. The second-order valence-electron chi connectivity index (χ2n) is 10.2. The molecule has 3 aromatic rings. The fraction of sp³-hybridized carbons (Fsp3) is 0.423. The number of H-pyrrole nitrogens is 1. The normalized spacial score (nSPS) is 18.2. The largest absolute Gasteiger partial charge is 0.493 e. The Bertz CT molecular complexity index is 1350. The van der Waals surface area contributed by atoms with Crippen molar-refractivity contribution in [1.82, 2.24) is 19.9 Å². The molecule has 3 heterocycles. The van der Waals surface area contributed by atoms with Crippen molar-refractivity contribution in [2.24, 2.45) is 17.8 Å². The van der Waals surface area contributed by atoms with E-state index in [9.17, 15) is 17.6 Å². The number of sulfonamides is 1. The van der Waals surface area contributed by atoms with E-state index >= 15 is 0 Å². The summed E-state index contributed by atoms with van der Waals surface area (Å²) in [4.78, 5) is 20.0. The van der Waals surface area contributed by atoms with Crippen molar-refractivity contribution in [2.75, 3.05) is 24.6 Å². The van der Waals surface area contributed by atoms with Gasteiger partial charge in [0, 0.05) is 24.7 Å². The number of amides is 1. The van der Waals surface area contributed by atoms with E-state index in [1.165, 1.54) is 30.5 Å². The van der Waals surface area contributed by atoms with Crippen molar-refractivity contribution in [3.8, 4) is 17.0 Å². The van der Waals surface area contributed by atoms with Crippen LogP contribution in [0.1, 0.15) is 44.5 Å². The number of hydrogen-bond donors (Lipinski definition) is 2. The van der Waals surface area contributed by atoms with Crippen molar-refractivity contribution in [1.29, 1.82) is 0 Å². The first-order valence-electron chi connectivity index (χ1n) is 12.3. The Kier molecular flexibility index (Phi) is 7.82. The van der Waals surface area contributed by atoms with E-state index in [2.05, 4.69) is 28.8 Å². The Morgan fingerprint density at radius 3 is 2.57 bits per heavy atom. The van der Waals surface area contributed by atoms with Crippen molar-refractivity contribution >= 4 is 21.7 Å². The lowest BCUT2D eigenvalue weighted by molar-refractivity contribution is 0.0981. The Labute approximate surface area is 216 Å². The molecule has 1 amide bonds. The molecule has 11 heteroatoms. The standard InChI is InChI=1S/C26H32FN5O4S/c1-16(2)15-36-21-11-19(10-20(27)12-21)23-6-5-22(25(29-23)32-13-17(3)9-18(4)14-32)26(33)31-37(34,35)24-7-8-28-30-24/h5-8,10-12,16-18H,9,13-15H2,1-4H3,(H,28,30)(H,31,33). The second kappa shape index (κ2) is 10.9. The Morgan fingerprint density at radius 2 is 1.92 bits per heavy atom. The fourth-order valence-corrected chi connectivity index (χ4v) is 5.42. The predicted molar refractivity (Wildman–Crippen MR) is 138 cm³/mol. The molecule has 0 radical (unpaired) electrons. The van der Waals surface area contributed by atoms with Crippen molar-refractivity contribution in [2.45, 2.75) is 39.1 Å². The number of aromatic nitrogens is 3. The molecule has 198 valence electrons. The Balaban J connectivity index is 1.73. The summed E-state index contributed by atoms with van der Waals surface area (Å²) in [5.41, 5.74) is 1.05. The summed E-state index contributed by atoms with van der Waals surface area (Å²) >= 11 is 0. The number of hydrogen-bond acceptors (Lipinski definition) is 7. The van der Waals surface area contributed by atoms with Crippen molar-refractivity contribution in [3.63, 3.8) is 0 Å². The van der Waals surface area contributed by atoms with E-state index in [0.717, 1.165) is 6.42 Å². The first kappa shape index (κ1) is 26.6. The van der Waals surface area contributed by atoms with Gasteiger partial charge in [-0.3, -0.25) is 9.89 Å². The van der Waals surface area contributed by atoms with Crippen LogP contribution in [0.3, 0.4) is 0 Å². The molecular weight excluding hydrogens is 497 g/mol. The molecule has 37 heavy (non-hydrogen) atoms. The molecule has 1 aliphatic rings. The molecule has 0 bridgehead atoms. The van der Waals surface area contributed by atoms with Crippen LogP contribution in [-0.4, -0.2) is 49.2 Å². The summed E-state index contributed by atoms with van der Waals surface area (Å²) < 4.78 is 47.6. The molecule has 0 saturated carbocycles. The predicted octanol–water partition coefficient (Wildman–Crippen LogP) is 4.25. The molecule has 1 saturated heterocycles. The summed E-state index contributed by atoms with van der Waals surface area (Å²) in [7, 11) is -4.15. The third-order valence-corrected chi connectivity index (χ3v) is 7.29. The molecular formula is C26H32FN5O4S. The minimum atomic E-state index is -4.15. The number of pyridine rings is 1. The number of aromatic amines is 1. The number of halogens is 1. The minimum absolute atomic E-state index is 0.112. The fourth-order valence-electron chi connectivity index (χ4n) is 4.54. The number of nitrogens with zero attached hydrogens (tertiary/aromatic N) is 3. The maximum Gasteiger partial charge on any atom is 0.281 e. The van der Waals surface area contributed by atoms with Crippen molar-refractivity contribution < 1.29 is 22.3 Å². The molecule has 9 nitrogen and oxygen atoms in total. The van der Waals surface area contributed by atoms with Crippen LogP contribution in [0.2, 0.25) is 0 Å². The van der Waals surface area contributed by atoms with E-state index in [1.54, 1.807) is 12.1 Å². The molecule has 1 fully saturated rings. The minimum Gasteiger partial charge on any atom is -0.493 e. The van der Waals surface area contributed by atoms with Crippen LogP contribution in [0.15, 0.2) is 47.6 Å². The summed E-state index contributed by atoms with van der Waals surface area (Å²) in [5.74, 6) is 0.437. The molecule has 2 atom stereocenters. The SMILES string of the molecule is CC(C)COc1cc(F)cc(-c2ccc(C(=O)NS(=O)(=O)c3ccn[nH]3)c(N3CC(C)CC(C)C3)n2)c1. The van der Waals surface area contributed by atoms with Gasteiger partial charge in [-0.2, -0.15) is 13.5 Å². The van der Waals surface area contributed by atoms with Crippen LogP contribution in [0.4, 0.5) is 10.2 Å². The quantitative estimate of drug-likeness (QED) is 0.448. The molecule has 2 N–H and O–H groups in total. The van der Waals surface area contributed by atoms with E-state index < -0.39 is 21.7 Å². The highest BCUT2D eigenvalue weighted by Crippen LogP contribution is 2.32. The number of benzene rings is 1. The molecule has 2 aromatic heterocycles. The average Bonchev–Trinajstić information content (AvgIpc) is 3.37. The van der Waals surface area contributed by atoms with Crippen molar-refractivity contribution in [3.05, 3.63) is 54.0 Å². The van der Waals surface area contributed by atoms with Gasteiger partial charge in [0.15, 0.2) is 5.03 Å². The van der Waals surface area contributed by atoms with Gasteiger partial charge in [-0.1, -0.05) is 27.7 Å². The van der Waals surface area contributed by atoms with Gasteiger partial charge in [0.2, 0.25) is 0 Å². The molecule has 1 aliphatic heterocycles. The number of piperidine rings is 1. The van der Waals surface area contributed by atoms with Crippen LogP contribution >= 0.6 is 0 Å². The summed E-state index contributed by atoms with van der Waals surface area (Å²) in [6, 6.07) is 8.76. The lowest BCUT2D eigenvalue weighted by atomic mass is 9.91. The third-order valence-electron chi connectivity index (χ3n) is 6.03. The molecule has 2 unspecified atom stereocenters. The second-order valence-corrected chi connectivity index (χ2v) is 11.8. The maximum atomic E-state index is 14.5. The zero-order valence-electron chi connectivity index (χ0n) is 21.4. The number of carbonyl (C=O) groups is 1. The van der Waals surface area contributed by atoms with E-state index in [-0.39, 0.29) is 16.5 Å². The highest BCUT2D eigenvalue weighted by Gasteiger charge is 2.29. The Morgan fingerprint density at radius 1 is 1.19 bits per heavy atom. The topological polar surface area (TPSA) is 117 Å². The summed E-state index contributed by atoms with van der Waals surface area (Å²) in [5, 5.41) is 5.78. The number of carbonyl (C=O) groups excluding carboxylic acids is 1. The maximum absolute atomic E-state index is 14.5. The van der Waals surface area contributed by atoms with Gasteiger partial charge in [-0.05, 0) is 54.5 Å². The van der Waals surface area contributed by atoms with Crippen LogP contribution in [0.25, 0.3) is 11.3 Å². The van der Waals surface area contributed by atoms with E-state index in [1.807, 2.05) is 18.7 Å². The van der Waals surface area contributed by atoms with Gasteiger partial charge < -0.3 is 9.64 Å². The van der Waals surface area contributed by atoms with Gasteiger partial charge in [0.25, 0.3) is 15.9 Å². The van der Waals surface area contributed by atoms with Gasteiger partial charge in [-0.25, -0.2) is 14.1 Å². The van der Waals surface area contributed by atoms with Crippen LogP contribution in [0.5, 0.6) is 5.75 Å². The first-order valence-corrected chi connectivity index (χ1v) is 13.8. The lowest BCUT2D eigenvalue weighted by Crippen LogP contribution is -2.41. The molecule has 4 rings (SSSR count). The number of rotatable bonds is 8. The Hall–Kier alpha value is -3.47. The first-order chi connectivity index (χ1) is 17.5. The third kappa shape index (κ3) is 6.46. The number of ether oxygens (including phenoxy) is 1. The van der Waals surface area contributed by atoms with Crippen LogP contribution in [-0.2, 0) is 10.0 Å². The van der Waals surface area contributed by atoms with Crippen LogP contribution < -0.4 is 14.4 Å². The average molecular weight is 530 g/mol. The number of nitrogens with one attached hydrogen (secondary N) is 2. The zero-order chi connectivity index (χ0) is 26.7. The summed E-state index contributed by atoms with van der Waals surface area (Å²) in [6.07, 6.45) is 2.32. The van der Waals surface area contributed by atoms with Gasteiger partial charge in [-0.15, -0.1) is 0 Å². The van der Waals surface area contributed by atoms with Gasteiger partial charge >= 0.3 is 0 Å². The smallest absolute Gasteiger partial charge is 0.281 e. The molecule has 1 aromatic carbocycles. The number of anilines is 1. The van der Waals surface area contributed by atoms with Gasteiger partial charge in [0.1, 0.15) is 17.4 Å². The highest BCUT2D eigenvalue weighted by molar-refractivity contribution is 7.90. The molecule has 0 spiro atoms. The van der Waals surface area contributed by atoms with Crippen LogP contribution in [0, 0.1) is 23.6 Å². The lowest BCUT2D eigenvalue weighted by Gasteiger charge is -2.36. The van der Waals surface area contributed by atoms with E-state index in [0.29, 0.717) is 54.4 Å². The van der Waals surface area contributed by atoms with Gasteiger partial charge in [0.05, 0.1) is 24.1 Å². The summed E-state index contributed by atoms with van der Waals surface area (Å²) in [6.45, 7) is 10.0. The monoisotopic (exact) mass is 529 g/mol.